The van der Waals surface area contributed by atoms with Gasteiger partial charge in [-0.05, 0) is 37.7 Å². The van der Waals surface area contributed by atoms with Crippen molar-refractivity contribution in [3.63, 3.8) is 0 Å². The Kier molecular flexibility index (Phi) is 7.10. The van der Waals surface area contributed by atoms with Crippen molar-refractivity contribution in [1.82, 2.24) is 5.32 Å². The molecular weight excluding hydrogens is 268 g/mol. The zero-order valence-corrected chi connectivity index (χ0v) is 13.8. The summed E-state index contributed by atoms with van der Waals surface area (Å²) in [5.41, 5.74) is 1.97. The number of aryl methyl sites for hydroxylation is 1. The zero-order valence-electron chi connectivity index (χ0n) is 13.0. The molecule has 0 aliphatic rings. The summed E-state index contributed by atoms with van der Waals surface area (Å²) in [6.07, 6.45) is 4.36. The van der Waals surface area contributed by atoms with Gasteiger partial charge in [0.25, 0.3) is 0 Å². The smallest absolute Gasteiger partial charge is 0.238 e. The molecule has 0 atom stereocenters. The van der Waals surface area contributed by atoms with Gasteiger partial charge in [-0.2, -0.15) is 11.8 Å². The summed E-state index contributed by atoms with van der Waals surface area (Å²) in [6.45, 7) is 7.62. The Hall–Kier alpha value is -1.00. The fraction of sp³-hybridized carbons (Fsp3) is 0.562. The minimum atomic E-state index is 0.0153. The SMILES string of the molecule is CCC(CC)(CNCC(=O)Nc1ccccc1C)SC. The lowest BCUT2D eigenvalue weighted by Crippen LogP contribution is -2.40. The molecule has 0 bridgehead atoms. The van der Waals surface area contributed by atoms with E-state index in [0.29, 0.717) is 6.54 Å². The molecule has 1 amide bonds. The number of anilines is 1. The Labute approximate surface area is 126 Å². The number of hydrogen-bond acceptors (Lipinski definition) is 3. The van der Waals surface area contributed by atoms with Crippen molar-refractivity contribution in [2.75, 3.05) is 24.7 Å². The largest absolute Gasteiger partial charge is 0.325 e. The highest BCUT2D eigenvalue weighted by Gasteiger charge is 2.24. The van der Waals surface area contributed by atoms with Gasteiger partial charge in [-0.1, -0.05) is 32.0 Å². The Morgan fingerprint density at radius 3 is 2.45 bits per heavy atom. The molecule has 4 heteroatoms. The molecule has 0 radical (unpaired) electrons. The predicted molar refractivity (Wildman–Crippen MR) is 89.5 cm³/mol. The van der Waals surface area contributed by atoms with E-state index < -0.39 is 0 Å². The number of carbonyl (C=O) groups excluding carboxylic acids is 1. The van der Waals surface area contributed by atoms with Gasteiger partial charge in [-0.3, -0.25) is 4.79 Å². The second-order valence-corrected chi connectivity index (χ2v) is 6.34. The minimum absolute atomic E-state index is 0.0153. The van der Waals surface area contributed by atoms with Crippen LogP contribution in [0.4, 0.5) is 5.69 Å². The van der Waals surface area contributed by atoms with Crippen LogP contribution in [0.25, 0.3) is 0 Å². The highest BCUT2D eigenvalue weighted by Crippen LogP contribution is 2.29. The van der Waals surface area contributed by atoms with Crippen LogP contribution in [0.2, 0.25) is 0 Å². The van der Waals surface area contributed by atoms with E-state index in [1.165, 1.54) is 0 Å². The maximum absolute atomic E-state index is 11.9. The van der Waals surface area contributed by atoms with E-state index >= 15 is 0 Å². The lowest BCUT2D eigenvalue weighted by molar-refractivity contribution is -0.115. The normalized spacial score (nSPS) is 11.4. The first-order chi connectivity index (χ1) is 9.56. The molecule has 0 fully saturated rings. The summed E-state index contributed by atoms with van der Waals surface area (Å²) in [7, 11) is 0. The van der Waals surface area contributed by atoms with E-state index in [1.54, 1.807) is 0 Å². The van der Waals surface area contributed by atoms with Gasteiger partial charge in [-0.15, -0.1) is 0 Å². The monoisotopic (exact) mass is 294 g/mol. The molecule has 2 N–H and O–H groups in total. The number of nitrogens with one attached hydrogen (secondary N) is 2. The highest BCUT2D eigenvalue weighted by atomic mass is 32.2. The van der Waals surface area contributed by atoms with Crippen LogP contribution in [0.15, 0.2) is 24.3 Å². The summed E-state index contributed by atoms with van der Waals surface area (Å²) in [5.74, 6) is 0.0153. The standard InChI is InChI=1S/C16H26N2OS/c1-5-16(6-2,20-4)12-17-11-15(19)18-14-10-8-7-9-13(14)3/h7-10,17H,5-6,11-12H2,1-4H3,(H,18,19). The molecule has 0 unspecified atom stereocenters. The molecule has 1 aromatic rings. The molecule has 3 nitrogen and oxygen atoms in total. The van der Waals surface area contributed by atoms with Gasteiger partial charge >= 0.3 is 0 Å². The number of hydrogen-bond donors (Lipinski definition) is 2. The molecule has 20 heavy (non-hydrogen) atoms. The average molecular weight is 294 g/mol. The Morgan fingerprint density at radius 1 is 1.25 bits per heavy atom. The molecule has 112 valence electrons. The van der Waals surface area contributed by atoms with Gasteiger partial charge in [0, 0.05) is 17.0 Å². The predicted octanol–water partition coefficient (Wildman–Crippen LogP) is 3.44. The zero-order chi connectivity index (χ0) is 15.0. The molecule has 0 aliphatic heterocycles. The number of amides is 1. The van der Waals surface area contributed by atoms with Crippen LogP contribution < -0.4 is 10.6 Å². The lowest BCUT2D eigenvalue weighted by Gasteiger charge is -2.29. The van der Waals surface area contributed by atoms with Crippen molar-refractivity contribution in [3.8, 4) is 0 Å². The first kappa shape index (κ1) is 17.1. The first-order valence-electron chi connectivity index (χ1n) is 7.18. The average Bonchev–Trinajstić information content (AvgIpc) is 2.47. The van der Waals surface area contributed by atoms with Gasteiger partial charge in [0.15, 0.2) is 0 Å². The van der Waals surface area contributed by atoms with E-state index in [-0.39, 0.29) is 10.7 Å². The van der Waals surface area contributed by atoms with Crippen molar-refractivity contribution in [2.45, 2.75) is 38.4 Å². The van der Waals surface area contributed by atoms with E-state index in [0.717, 1.165) is 30.6 Å². The van der Waals surface area contributed by atoms with Crippen LogP contribution in [0.1, 0.15) is 32.3 Å². The third-order valence-electron chi connectivity index (χ3n) is 3.87. The molecule has 0 saturated carbocycles. The summed E-state index contributed by atoms with van der Waals surface area (Å²) in [5, 5.41) is 6.23. The molecule has 1 aromatic carbocycles. The molecular formula is C16H26N2OS. The van der Waals surface area contributed by atoms with Crippen LogP contribution in [0.5, 0.6) is 0 Å². The molecule has 0 aliphatic carbocycles. The summed E-state index contributed by atoms with van der Waals surface area (Å²) in [6, 6.07) is 7.83. The van der Waals surface area contributed by atoms with Crippen LogP contribution in [-0.2, 0) is 4.79 Å². The van der Waals surface area contributed by atoms with Crippen molar-refractivity contribution in [2.24, 2.45) is 0 Å². The van der Waals surface area contributed by atoms with Crippen LogP contribution in [0.3, 0.4) is 0 Å². The molecule has 0 spiro atoms. The van der Waals surface area contributed by atoms with Gasteiger partial charge in [0.1, 0.15) is 0 Å². The number of rotatable bonds is 8. The van der Waals surface area contributed by atoms with Gasteiger partial charge in [-0.25, -0.2) is 0 Å². The molecule has 1 rings (SSSR count). The fourth-order valence-electron chi connectivity index (χ4n) is 2.17. The number of carbonyl (C=O) groups is 1. The summed E-state index contributed by atoms with van der Waals surface area (Å²) < 4.78 is 0.239. The highest BCUT2D eigenvalue weighted by molar-refractivity contribution is 8.00. The number of benzene rings is 1. The third kappa shape index (κ3) is 4.84. The Morgan fingerprint density at radius 2 is 1.90 bits per heavy atom. The van der Waals surface area contributed by atoms with Crippen LogP contribution in [-0.4, -0.2) is 30.0 Å². The van der Waals surface area contributed by atoms with Gasteiger partial charge in [0.05, 0.1) is 6.54 Å². The van der Waals surface area contributed by atoms with Gasteiger partial charge in [0.2, 0.25) is 5.91 Å². The molecule has 0 aromatic heterocycles. The van der Waals surface area contributed by atoms with Crippen molar-refractivity contribution < 1.29 is 4.79 Å². The van der Waals surface area contributed by atoms with Crippen LogP contribution >= 0.6 is 11.8 Å². The van der Waals surface area contributed by atoms with E-state index in [2.05, 4.69) is 30.7 Å². The third-order valence-corrected chi connectivity index (χ3v) is 5.46. The maximum Gasteiger partial charge on any atom is 0.238 e. The summed E-state index contributed by atoms with van der Waals surface area (Å²) >= 11 is 1.88. The number of thioether (sulfide) groups is 1. The quantitative estimate of drug-likeness (QED) is 0.771. The van der Waals surface area contributed by atoms with E-state index in [4.69, 9.17) is 0 Å². The topological polar surface area (TPSA) is 41.1 Å². The first-order valence-corrected chi connectivity index (χ1v) is 8.40. The second kappa shape index (κ2) is 8.32. The van der Waals surface area contributed by atoms with Crippen molar-refractivity contribution in [1.29, 1.82) is 0 Å². The minimum Gasteiger partial charge on any atom is -0.325 e. The van der Waals surface area contributed by atoms with Crippen LogP contribution in [0, 0.1) is 6.92 Å². The van der Waals surface area contributed by atoms with E-state index in [1.807, 2.05) is 43.0 Å². The Bertz CT molecular complexity index is 422. The summed E-state index contributed by atoms with van der Waals surface area (Å²) in [4.78, 5) is 11.9. The van der Waals surface area contributed by atoms with Crippen molar-refractivity contribution >= 4 is 23.4 Å². The maximum atomic E-state index is 11.9. The molecule has 0 saturated heterocycles. The lowest BCUT2D eigenvalue weighted by atomic mass is 10.0. The number of para-hydroxylation sites is 1. The molecule has 0 heterocycles. The van der Waals surface area contributed by atoms with E-state index in [9.17, 15) is 4.79 Å². The Balaban J connectivity index is 2.43. The fourth-order valence-corrected chi connectivity index (χ4v) is 3.00. The van der Waals surface area contributed by atoms with Gasteiger partial charge < -0.3 is 10.6 Å². The second-order valence-electron chi connectivity index (χ2n) is 5.06. The van der Waals surface area contributed by atoms with Crippen molar-refractivity contribution in [3.05, 3.63) is 29.8 Å².